The number of carbonyl (C=O) groups excluding carboxylic acids is 5. The second-order valence-electron chi connectivity index (χ2n) is 6.63. The molecule has 0 aliphatic rings. The summed E-state index contributed by atoms with van der Waals surface area (Å²) in [4.78, 5) is 73.2. The number of carboxylic acid groups (broad SMARTS) is 1. The molecular formula is C16H29N9O7. The molecule has 0 saturated carbocycles. The molecule has 0 radical (unpaired) electrons. The van der Waals surface area contributed by atoms with Crippen molar-refractivity contribution in [2.45, 2.75) is 43.8 Å². The largest absolute Gasteiger partial charge is 0.480 e. The van der Waals surface area contributed by atoms with Crippen LogP contribution in [0.5, 0.6) is 0 Å². The lowest BCUT2D eigenvalue weighted by molar-refractivity contribution is -0.142. The van der Waals surface area contributed by atoms with Crippen LogP contribution in [0.15, 0.2) is 4.99 Å². The third-order valence-electron chi connectivity index (χ3n) is 3.80. The molecule has 0 bridgehead atoms. The van der Waals surface area contributed by atoms with Crippen molar-refractivity contribution >= 4 is 41.5 Å². The minimum absolute atomic E-state index is 0.0178. The van der Waals surface area contributed by atoms with Crippen LogP contribution in [0.25, 0.3) is 0 Å². The van der Waals surface area contributed by atoms with Gasteiger partial charge in [-0.3, -0.25) is 29.0 Å². The van der Waals surface area contributed by atoms with Gasteiger partial charge < -0.3 is 49.7 Å². The number of nitrogens with two attached hydrogens (primary N) is 5. The highest BCUT2D eigenvalue weighted by Crippen LogP contribution is 1.99. The Bertz CT molecular complexity index is 752. The fourth-order valence-corrected chi connectivity index (χ4v) is 2.30. The van der Waals surface area contributed by atoms with Crippen LogP contribution in [-0.4, -0.2) is 77.8 Å². The lowest BCUT2D eigenvalue weighted by atomic mass is 10.1. The summed E-state index contributed by atoms with van der Waals surface area (Å²) in [5.41, 5.74) is 25.8. The quantitative estimate of drug-likeness (QED) is 0.0634. The van der Waals surface area contributed by atoms with Crippen molar-refractivity contribution < 1.29 is 33.9 Å². The van der Waals surface area contributed by atoms with Gasteiger partial charge in [0.1, 0.15) is 12.1 Å². The topological polar surface area (TPSA) is 301 Å². The zero-order valence-electron chi connectivity index (χ0n) is 17.2. The first-order valence-corrected chi connectivity index (χ1v) is 9.31. The molecular weight excluding hydrogens is 430 g/mol. The van der Waals surface area contributed by atoms with Crippen LogP contribution < -0.4 is 44.6 Å². The maximum Gasteiger partial charge on any atom is 0.326 e. The average Bonchev–Trinajstić information content (AvgIpc) is 2.66. The molecule has 0 aromatic heterocycles. The minimum atomic E-state index is -1.48. The molecule has 3 atom stereocenters. The van der Waals surface area contributed by atoms with Gasteiger partial charge in [-0.2, -0.15) is 0 Å². The number of hydrogen-bond acceptors (Lipinski definition) is 8. The smallest absolute Gasteiger partial charge is 0.326 e. The Kier molecular flexibility index (Phi) is 12.4. The molecule has 5 amide bonds. The number of aliphatic carboxylic acids is 1. The van der Waals surface area contributed by atoms with Crippen molar-refractivity contribution in [2.24, 2.45) is 33.7 Å². The molecule has 0 rings (SSSR count). The van der Waals surface area contributed by atoms with E-state index in [2.05, 4.69) is 20.9 Å². The van der Waals surface area contributed by atoms with Crippen molar-refractivity contribution in [3.63, 3.8) is 0 Å². The van der Waals surface area contributed by atoms with E-state index in [1.54, 1.807) is 0 Å². The SMILES string of the molecule is NC(=O)CC(N)C(=O)NC(CC(N)=O)C(=O)NCC(=O)NC(CCCN=C(N)N)C(=O)O. The molecule has 3 unspecified atom stereocenters. The molecule has 0 aliphatic carbocycles. The van der Waals surface area contributed by atoms with Crippen LogP contribution in [0, 0.1) is 0 Å². The molecule has 0 spiro atoms. The fraction of sp³-hybridized carbons (Fsp3) is 0.562. The lowest BCUT2D eigenvalue weighted by Gasteiger charge is -2.19. The summed E-state index contributed by atoms with van der Waals surface area (Å²) in [7, 11) is 0. The second kappa shape index (κ2) is 14.1. The summed E-state index contributed by atoms with van der Waals surface area (Å²) < 4.78 is 0. The summed E-state index contributed by atoms with van der Waals surface area (Å²) in [5, 5.41) is 15.7. The maximum atomic E-state index is 12.3. The standard InChI is InChI=1S/C16H29N9O7/c17-7(4-10(18)26)13(29)25-9(5-11(19)27)14(30)23-6-12(28)24-8(15(31)32)2-1-3-22-16(20)21/h7-9H,1-6,17H2,(H2,18,26)(H2,19,27)(H,23,30)(H,24,28)(H,25,29)(H,31,32)(H4,20,21,22). The minimum Gasteiger partial charge on any atom is -0.480 e. The second-order valence-corrected chi connectivity index (χ2v) is 6.63. The Hall–Kier alpha value is -3.95. The summed E-state index contributed by atoms with van der Waals surface area (Å²) in [6, 6.07) is -4.11. The van der Waals surface area contributed by atoms with E-state index in [1.807, 2.05) is 0 Å². The van der Waals surface area contributed by atoms with Gasteiger partial charge in [0.15, 0.2) is 5.96 Å². The summed E-state index contributed by atoms with van der Waals surface area (Å²) in [5.74, 6) is -6.01. The summed E-state index contributed by atoms with van der Waals surface area (Å²) in [6.07, 6.45) is -0.840. The molecule has 16 nitrogen and oxygen atoms in total. The van der Waals surface area contributed by atoms with Crippen molar-refractivity contribution in [2.75, 3.05) is 13.1 Å². The lowest BCUT2D eigenvalue weighted by Crippen LogP contribution is -2.54. The highest BCUT2D eigenvalue weighted by Gasteiger charge is 2.27. The first-order valence-electron chi connectivity index (χ1n) is 9.31. The number of rotatable bonds is 15. The zero-order valence-corrected chi connectivity index (χ0v) is 17.2. The Morgan fingerprint density at radius 2 is 1.44 bits per heavy atom. The van der Waals surface area contributed by atoms with Gasteiger partial charge in [-0.25, -0.2) is 4.79 Å². The van der Waals surface area contributed by atoms with E-state index in [9.17, 15) is 33.9 Å². The third-order valence-corrected chi connectivity index (χ3v) is 3.80. The Balaban J connectivity index is 4.83. The van der Waals surface area contributed by atoms with Crippen molar-refractivity contribution in [1.82, 2.24) is 16.0 Å². The van der Waals surface area contributed by atoms with Crippen LogP contribution in [-0.2, 0) is 28.8 Å². The number of nitrogens with one attached hydrogen (secondary N) is 3. The number of primary amides is 2. The van der Waals surface area contributed by atoms with Crippen LogP contribution in [0.1, 0.15) is 25.7 Å². The van der Waals surface area contributed by atoms with Gasteiger partial charge in [0, 0.05) is 6.54 Å². The number of carboxylic acids is 1. The molecule has 16 heteroatoms. The maximum absolute atomic E-state index is 12.3. The first kappa shape index (κ1) is 28.1. The predicted octanol–water partition coefficient (Wildman–Crippen LogP) is -5.71. The van der Waals surface area contributed by atoms with Crippen molar-refractivity contribution in [3.05, 3.63) is 0 Å². The zero-order chi connectivity index (χ0) is 24.8. The number of hydrogen-bond donors (Lipinski definition) is 9. The van der Waals surface area contributed by atoms with Gasteiger partial charge in [0.25, 0.3) is 0 Å². The van der Waals surface area contributed by atoms with Crippen LogP contribution >= 0.6 is 0 Å². The molecule has 0 aromatic rings. The van der Waals surface area contributed by atoms with Gasteiger partial charge in [0.2, 0.25) is 29.5 Å². The van der Waals surface area contributed by atoms with E-state index < -0.39 is 73.0 Å². The van der Waals surface area contributed by atoms with Gasteiger partial charge in [-0.1, -0.05) is 0 Å². The number of nitrogens with zero attached hydrogens (tertiary/aromatic N) is 1. The predicted molar refractivity (Wildman–Crippen MR) is 110 cm³/mol. The molecule has 0 aromatic carbocycles. The normalized spacial score (nSPS) is 13.0. The van der Waals surface area contributed by atoms with Crippen molar-refractivity contribution in [1.29, 1.82) is 0 Å². The van der Waals surface area contributed by atoms with E-state index in [-0.39, 0.29) is 25.3 Å². The monoisotopic (exact) mass is 459 g/mol. The number of carbonyl (C=O) groups is 6. The molecule has 0 saturated heterocycles. The molecule has 180 valence electrons. The van der Waals surface area contributed by atoms with Crippen LogP contribution in [0.4, 0.5) is 0 Å². The van der Waals surface area contributed by atoms with E-state index in [0.717, 1.165) is 0 Å². The van der Waals surface area contributed by atoms with Crippen molar-refractivity contribution in [3.8, 4) is 0 Å². The molecule has 0 heterocycles. The van der Waals surface area contributed by atoms with E-state index >= 15 is 0 Å². The Morgan fingerprint density at radius 1 is 0.844 bits per heavy atom. The highest BCUT2D eigenvalue weighted by atomic mass is 16.4. The average molecular weight is 459 g/mol. The highest BCUT2D eigenvalue weighted by molar-refractivity contribution is 5.96. The molecule has 0 fully saturated rings. The number of aliphatic imine (C=N–C) groups is 1. The molecule has 0 aliphatic heterocycles. The Morgan fingerprint density at radius 3 is 1.94 bits per heavy atom. The third kappa shape index (κ3) is 12.6. The van der Waals surface area contributed by atoms with Gasteiger partial charge in [-0.05, 0) is 12.8 Å². The number of guanidine groups is 1. The van der Waals surface area contributed by atoms with Gasteiger partial charge in [-0.15, -0.1) is 0 Å². The van der Waals surface area contributed by atoms with E-state index in [4.69, 9.17) is 28.7 Å². The van der Waals surface area contributed by atoms with E-state index in [0.29, 0.717) is 0 Å². The van der Waals surface area contributed by atoms with E-state index in [1.165, 1.54) is 0 Å². The Labute approximate surface area is 182 Å². The molecule has 14 N–H and O–H groups in total. The van der Waals surface area contributed by atoms with Crippen LogP contribution in [0.3, 0.4) is 0 Å². The summed E-state index contributed by atoms with van der Waals surface area (Å²) in [6.45, 7) is -0.500. The first-order chi connectivity index (χ1) is 14.8. The van der Waals surface area contributed by atoms with Gasteiger partial charge in [0.05, 0.1) is 25.4 Å². The molecule has 32 heavy (non-hydrogen) atoms. The fourth-order valence-electron chi connectivity index (χ4n) is 2.30. The number of amides is 5. The van der Waals surface area contributed by atoms with Crippen LogP contribution in [0.2, 0.25) is 0 Å². The summed E-state index contributed by atoms with van der Waals surface area (Å²) >= 11 is 0. The van der Waals surface area contributed by atoms with Gasteiger partial charge >= 0.3 is 5.97 Å².